The van der Waals surface area contributed by atoms with Crippen LogP contribution < -0.4 is 17.9 Å². The third-order valence-electron chi connectivity index (χ3n) is 5.40. The Morgan fingerprint density at radius 1 is 1.11 bits per heavy atom. The highest BCUT2D eigenvalue weighted by Gasteiger charge is 2.37. The van der Waals surface area contributed by atoms with Crippen LogP contribution in [0.25, 0.3) is 11.3 Å². The topological polar surface area (TPSA) is 161 Å². The molecular formula is C22H21N3O9S2. The van der Waals surface area contributed by atoms with Crippen LogP contribution in [0.5, 0.6) is 11.5 Å². The second kappa shape index (κ2) is 9.29. The average Bonchev–Trinajstić information content (AvgIpc) is 3.27. The Labute approximate surface area is 206 Å². The van der Waals surface area contributed by atoms with Crippen molar-refractivity contribution in [2.75, 3.05) is 18.0 Å². The highest BCUT2D eigenvalue weighted by Crippen LogP contribution is 2.41. The maximum atomic E-state index is 13.1. The van der Waals surface area contributed by atoms with E-state index in [1.165, 1.54) is 60.2 Å². The van der Waals surface area contributed by atoms with Gasteiger partial charge >= 0.3 is 22.1 Å². The Balaban J connectivity index is 1.70. The van der Waals surface area contributed by atoms with Crippen LogP contribution in [0.2, 0.25) is 0 Å². The largest absolute Gasteiger partial charge is 0.493 e. The van der Waals surface area contributed by atoms with Crippen molar-refractivity contribution in [1.29, 1.82) is 0 Å². The fraction of sp³-hybridized carbons (Fsp3) is 0.182. The number of aromatic carboxylic acids is 1. The molecule has 0 unspecified atom stereocenters. The zero-order valence-corrected chi connectivity index (χ0v) is 20.7. The molecule has 0 fully saturated rings. The van der Waals surface area contributed by atoms with Gasteiger partial charge in [-0.05, 0) is 48.9 Å². The molecule has 0 spiro atoms. The van der Waals surface area contributed by atoms with Crippen LogP contribution in [0.3, 0.4) is 0 Å². The number of anilines is 1. The second-order valence-corrected chi connectivity index (χ2v) is 11.1. The van der Waals surface area contributed by atoms with Crippen LogP contribution in [-0.4, -0.2) is 52.1 Å². The Kier molecular flexibility index (Phi) is 6.51. The molecule has 2 heterocycles. The van der Waals surface area contributed by atoms with Crippen molar-refractivity contribution in [2.45, 2.75) is 18.4 Å². The maximum Gasteiger partial charge on any atom is 0.352 e. The van der Waals surface area contributed by atoms with Gasteiger partial charge in [-0.2, -0.15) is 8.42 Å². The van der Waals surface area contributed by atoms with Crippen molar-refractivity contribution >= 4 is 37.9 Å². The molecule has 2 N–H and O–H groups in total. The Hall–Kier alpha value is -3.88. The molecule has 0 saturated carbocycles. The van der Waals surface area contributed by atoms with Gasteiger partial charge in [0.15, 0.2) is 11.5 Å². The Bertz CT molecular complexity index is 1580. The quantitative estimate of drug-likeness (QED) is 0.324. The van der Waals surface area contributed by atoms with Crippen LogP contribution >= 0.6 is 0 Å². The standard InChI is InChI=1S/C22H21N3O9S2/c1-3-24-16(10-11-18(24)22(27)28)14-6-4-7-15(12-14)35(29,30)23-36(31,32)25-13-20(26)34-21-17(25)8-5-9-19(21)33-2/h4-12,23H,3,13H2,1-2H3,(H,27,28). The summed E-state index contributed by atoms with van der Waals surface area (Å²) in [5, 5.41) is 9.37. The van der Waals surface area contributed by atoms with Gasteiger partial charge in [-0.25, -0.2) is 22.3 Å². The van der Waals surface area contributed by atoms with E-state index in [1.807, 2.05) is 0 Å². The molecule has 0 radical (unpaired) electrons. The third kappa shape index (κ3) is 4.53. The lowest BCUT2D eigenvalue weighted by atomic mass is 10.1. The van der Waals surface area contributed by atoms with Crippen LogP contribution in [0.15, 0.2) is 59.5 Å². The van der Waals surface area contributed by atoms with Gasteiger partial charge in [0.05, 0.1) is 12.0 Å². The molecule has 1 aliphatic rings. The number of benzene rings is 2. The summed E-state index contributed by atoms with van der Waals surface area (Å²) in [5.74, 6) is -2.13. The average molecular weight is 536 g/mol. The van der Waals surface area contributed by atoms with Gasteiger partial charge in [-0.1, -0.05) is 22.3 Å². The zero-order valence-electron chi connectivity index (χ0n) is 19.0. The lowest BCUT2D eigenvalue weighted by molar-refractivity contribution is -0.133. The molecule has 3 aromatic rings. The van der Waals surface area contributed by atoms with Gasteiger partial charge in [-0.3, -0.25) is 0 Å². The molecule has 36 heavy (non-hydrogen) atoms. The predicted octanol–water partition coefficient (Wildman–Crippen LogP) is 1.83. The number of fused-ring (bicyclic) bond motifs is 1. The summed E-state index contributed by atoms with van der Waals surface area (Å²) in [4.78, 5) is 23.2. The molecule has 0 aliphatic carbocycles. The number of methoxy groups -OCH3 is 1. The molecule has 0 atom stereocenters. The molecule has 0 bridgehead atoms. The highest BCUT2D eigenvalue weighted by molar-refractivity contribution is 8.05. The Morgan fingerprint density at radius 2 is 1.83 bits per heavy atom. The molecule has 190 valence electrons. The van der Waals surface area contributed by atoms with Crippen molar-refractivity contribution < 1.29 is 41.0 Å². The number of nitrogens with one attached hydrogen (secondary N) is 1. The number of carboxylic acid groups (broad SMARTS) is 1. The van der Waals surface area contributed by atoms with Crippen molar-refractivity contribution in [1.82, 2.24) is 8.69 Å². The van der Waals surface area contributed by atoms with Crippen molar-refractivity contribution in [3.05, 3.63) is 60.3 Å². The van der Waals surface area contributed by atoms with E-state index in [0.717, 1.165) is 0 Å². The molecule has 0 amide bonds. The minimum atomic E-state index is -4.80. The van der Waals surface area contributed by atoms with Gasteiger partial charge in [0.1, 0.15) is 17.9 Å². The lowest BCUT2D eigenvalue weighted by Crippen LogP contribution is -2.48. The number of esters is 1. The molecule has 4 rings (SSSR count). The second-order valence-electron chi connectivity index (χ2n) is 7.56. The number of hydrogen-bond acceptors (Lipinski definition) is 8. The van der Waals surface area contributed by atoms with E-state index < -0.39 is 38.7 Å². The van der Waals surface area contributed by atoms with E-state index in [2.05, 4.69) is 0 Å². The number of hydrogen-bond donors (Lipinski definition) is 2. The number of carbonyl (C=O) groups is 2. The maximum absolute atomic E-state index is 13.1. The third-order valence-corrected chi connectivity index (χ3v) is 8.90. The van der Waals surface area contributed by atoms with Crippen LogP contribution in [0, 0.1) is 0 Å². The first-order chi connectivity index (χ1) is 17.0. The van der Waals surface area contributed by atoms with E-state index in [-0.39, 0.29) is 27.8 Å². The summed E-state index contributed by atoms with van der Waals surface area (Å²) in [6, 6.07) is 12.6. The van der Waals surface area contributed by atoms with Crippen LogP contribution in [-0.2, 0) is 31.6 Å². The van der Waals surface area contributed by atoms with E-state index in [9.17, 15) is 31.5 Å². The van der Waals surface area contributed by atoms with Gasteiger partial charge in [0.2, 0.25) is 0 Å². The minimum absolute atomic E-state index is 0.0209. The molecular weight excluding hydrogens is 514 g/mol. The first-order valence-corrected chi connectivity index (χ1v) is 13.4. The minimum Gasteiger partial charge on any atom is -0.493 e. The number of sulfonamides is 1. The zero-order chi connectivity index (χ0) is 26.3. The van der Waals surface area contributed by atoms with Gasteiger partial charge < -0.3 is 19.1 Å². The fourth-order valence-electron chi connectivity index (χ4n) is 3.83. The first kappa shape index (κ1) is 25.2. The summed E-state index contributed by atoms with van der Waals surface area (Å²) in [5.41, 5.74) is 0.746. The normalized spacial score (nSPS) is 13.7. The molecule has 0 saturated heterocycles. The van der Waals surface area contributed by atoms with Crippen molar-refractivity contribution in [3.8, 4) is 22.8 Å². The molecule has 12 nitrogen and oxygen atoms in total. The monoisotopic (exact) mass is 535 g/mol. The molecule has 1 aliphatic heterocycles. The number of carbonyl (C=O) groups excluding carboxylic acids is 1. The van der Waals surface area contributed by atoms with Crippen molar-refractivity contribution in [2.24, 2.45) is 0 Å². The predicted molar refractivity (Wildman–Crippen MR) is 128 cm³/mol. The van der Waals surface area contributed by atoms with Crippen molar-refractivity contribution in [3.63, 3.8) is 0 Å². The van der Waals surface area contributed by atoms with Gasteiger partial charge in [0.25, 0.3) is 10.0 Å². The molecule has 14 heteroatoms. The van der Waals surface area contributed by atoms with E-state index in [1.54, 1.807) is 17.1 Å². The fourth-order valence-corrected chi connectivity index (χ4v) is 6.90. The van der Waals surface area contributed by atoms with Crippen LogP contribution in [0.1, 0.15) is 17.4 Å². The SMILES string of the molecule is CCn1c(C(=O)O)ccc1-c1cccc(S(=O)(=O)NS(=O)(=O)N2CC(=O)Oc3c(OC)cccc32)c1. The number of nitrogens with zero attached hydrogens (tertiary/aromatic N) is 2. The van der Waals surface area contributed by atoms with E-state index >= 15 is 0 Å². The van der Waals surface area contributed by atoms with E-state index in [4.69, 9.17) is 9.47 Å². The van der Waals surface area contributed by atoms with Gasteiger partial charge in [0, 0.05) is 12.2 Å². The lowest BCUT2D eigenvalue weighted by Gasteiger charge is -2.29. The molecule has 2 aromatic carbocycles. The highest BCUT2D eigenvalue weighted by atomic mass is 32.3. The van der Waals surface area contributed by atoms with Crippen LogP contribution in [0.4, 0.5) is 5.69 Å². The smallest absolute Gasteiger partial charge is 0.352 e. The number of ether oxygens (including phenoxy) is 2. The number of para-hydroxylation sites is 1. The number of rotatable bonds is 8. The number of aromatic nitrogens is 1. The first-order valence-electron chi connectivity index (χ1n) is 10.5. The summed E-state index contributed by atoms with van der Waals surface area (Å²) in [6.45, 7) is 1.29. The summed E-state index contributed by atoms with van der Waals surface area (Å²) in [6.07, 6.45) is 0. The summed E-state index contributed by atoms with van der Waals surface area (Å²) < 4.78 is 66.4. The number of carboxylic acids is 1. The summed E-state index contributed by atoms with van der Waals surface area (Å²) in [7, 11) is -8.15. The van der Waals surface area contributed by atoms with Gasteiger partial charge in [-0.15, -0.1) is 0 Å². The van der Waals surface area contributed by atoms with E-state index in [0.29, 0.717) is 22.1 Å². The Morgan fingerprint density at radius 3 is 2.50 bits per heavy atom. The molecule has 1 aromatic heterocycles. The summed E-state index contributed by atoms with van der Waals surface area (Å²) >= 11 is 0.